The fourth-order valence-corrected chi connectivity index (χ4v) is 3.77. The number of sulfonamides is 1. The molecule has 5 nitrogen and oxygen atoms in total. The van der Waals surface area contributed by atoms with Gasteiger partial charge in [0.2, 0.25) is 10.0 Å². The zero-order valence-corrected chi connectivity index (χ0v) is 13.4. The van der Waals surface area contributed by atoms with Crippen LogP contribution in [0.25, 0.3) is 0 Å². The SMILES string of the molecule is CC1CC1CNC(=O)c1c(F)cc(Br)c(S(N)(=O)=O)c1F. The van der Waals surface area contributed by atoms with Gasteiger partial charge in [0.1, 0.15) is 16.3 Å². The summed E-state index contributed by atoms with van der Waals surface area (Å²) in [6.45, 7) is 2.29. The topological polar surface area (TPSA) is 89.3 Å². The Morgan fingerprint density at radius 3 is 2.57 bits per heavy atom. The van der Waals surface area contributed by atoms with E-state index in [-0.39, 0.29) is 10.4 Å². The van der Waals surface area contributed by atoms with E-state index in [2.05, 4.69) is 21.2 Å². The standard InChI is InChI=1S/C12H13BrF2N2O3S/c1-5-2-6(5)4-17-12(18)9-8(14)3-7(13)11(10(9)15)21(16,19)20/h3,5-6H,2,4H2,1H3,(H,17,18)(H2,16,19,20). The van der Waals surface area contributed by atoms with E-state index in [9.17, 15) is 22.0 Å². The van der Waals surface area contributed by atoms with Crippen LogP contribution in [0.4, 0.5) is 8.78 Å². The van der Waals surface area contributed by atoms with Crippen LogP contribution in [-0.4, -0.2) is 20.9 Å². The molecule has 3 N–H and O–H groups in total. The first-order valence-electron chi connectivity index (χ1n) is 6.11. The van der Waals surface area contributed by atoms with E-state index < -0.39 is 38.0 Å². The van der Waals surface area contributed by atoms with Crippen LogP contribution in [0.5, 0.6) is 0 Å². The quantitative estimate of drug-likeness (QED) is 0.831. The van der Waals surface area contributed by atoms with Crippen molar-refractivity contribution in [3.05, 3.63) is 27.7 Å². The average Bonchev–Trinajstić information content (AvgIpc) is 2.99. The minimum atomic E-state index is -4.43. The van der Waals surface area contributed by atoms with Gasteiger partial charge in [0, 0.05) is 11.0 Å². The second-order valence-electron chi connectivity index (χ2n) is 5.09. The van der Waals surface area contributed by atoms with Crippen molar-refractivity contribution in [2.24, 2.45) is 17.0 Å². The second-order valence-corrected chi connectivity index (χ2v) is 7.44. The summed E-state index contributed by atoms with van der Waals surface area (Å²) >= 11 is 2.73. The first-order chi connectivity index (χ1) is 9.62. The fraction of sp³-hybridized carbons (Fsp3) is 0.417. The maximum absolute atomic E-state index is 14.2. The summed E-state index contributed by atoms with van der Waals surface area (Å²) in [4.78, 5) is 10.9. The molecule has 1 fully saturated rings. The summed E-state index contributed by atoms with van der Waals surface area (Å²) in [6.07, 6.45) is 0.939. The van der Waals surface area contributed by atoms with E-state index in [1.165, 1.54) is 0 Å². The summed E-state index contributed by atoms with van der Waals surface area (Å²) in [5.74, 6) is -2.90. The van der Waals surface area contributed by atoms with Gasteiger partial charge in [-0.05, 0) is 40.3 Å². The van der Waals surface area contributed by atoms with Gasteiger partial charge in [0.25, 0.3) is 5.91 Å². The maximum atomic E-state index is 14.2. The van der Waals surface area contributed by atoms with Gasteiger partial charge >= 0.3 is 0 Å². The minimum absolute atomic E-state index is 0.285. The summed E-state index contributed by atoms with van der Waals surface area (Å²) in [5, 5.41) is 7.28. The van der Waals surface area contributed by atoms with E-state index in [1.807, 2.05) is 6.92 Å². The molecule has 1 aliphatic rings. The van der Waals surface area contributed by atoms with Crippen molar-refractivity contribution in [3.63, 3.8) is 0 Å². The molecule has 1 aromatic rings. The Morgan fingerprint density at radius 2 is 2.10 bits per heavy atom. The Balaban J connectivity index is 2.36. The molecule has 0 saturated heterocycles. The lowest BCUT2D eigenvalue weighted by Gasteiger charge is -2.11. The molecule has 0 aromatic heterocycles. The third-order valence-corrected chi connectivity index (χ3v) is 5.30. The molecule has 0 radical (unpaired) electrons. The van der Waals surface area contributed by atoms with Crippen LogP contribution in [0.1, 0.15) is 23.7 Å². The van der Waals surface area contributed by atoms with Gasteiger partial charge < -0.3 is 5.32 Å². The lowest BCUT2D eigenvalue weighted by molar-refractivity contribution is 0.0942. The number of benzene rings is 1. The zero-order chi connectivity index (χ0) is 15.9. The van der Waals surface area contributed by atoms with Crippen molar-refractivity contribution in [2.75, 3.05) is 6.54 Å². The van der Waals surface area contributed by atoms with E-state index >= 15 is 0 Å². The molecule has 21 heavy (non-hydrogen) atoms. The minimum Gasteiger partial charge on any atom is -0.352 e. The average molecular weight is 383 g/mol. The summed E-state index contributed by atoms with van der Waals surface area (Å²) in [6, 6.07) is 0.706. The first kappa shape index (κ1) is 16.3. The number of hydrogen-bond acceptors (Lipinski definition) is 3. The summed E-state index contributed by atoms with van der Waals surface area (Å²) < 4.78 is 50.2. The van der Waals surface area contributed by atoms with Crippen molar-refractivity contribution < 1.29 is 22.0 Å². The molecule has 2 atom stereocenters. The van der Waals surface area contributed by atoms with Gasteiger partial charge in [-0.1, -0.05) is 6.92 Å². The molecule has 1 saturated carbocycles. The van der Waals surface area contributed by atoms with Crippen LogP contribution in [0, 0.1) is 23.5 Å². The van der Waals surface area contributed by atoms with E-state index in [4.69, 9.17) is 5.14 Å². The second kappa shape index (κ2) is 5.62. The van der Waals surface area contributed by atoms with Crippen molar-refractivity contribution in [2.45, 2.75) is 18.2 Å². The van der Waals surface area contributed by atoms with Crippen molar-refractivity contribution in [3.8, 4) is 0 Å². The third-order valence-electron chi connectivity index (χ3n) is 3.44. The van der Waals surface area contributed by atoms with Crippen LogP contribution in [0.3, 0.4) is 0 Å². The molecular formula is C12H13BrF2N2O3S. The van der Waals surface area contributed by atoms with Crippen LogP contribution in [0.15, 0.2) is 15.4 Å². The largest absolute Gasteiger partial charge is 0.352 e. The van der Waals surface area contributed by atoms with Crippen LogP contribution in [0.2, 0.25) is 0 Å². The van der Waals surface area contributed by atoms with Crippen LogP contribution in [-0.2, 0) is 10.0 Å². The molecule has 2 rings (SSSR count). The molecule has 0 spiro atoms. The number of amides is 1. The van der Waals surface area contributed by atoms with Gasteiger partial charge in [-0.25, -0.2) is 22.3 Å². The highest BCUT2D eigenvalue weighted by Gasteiger charge is 2.34. The fourth-order valence-electron chi connectivity index (χ4n) is 2.04. The van der Waals surface area contributed by atoms with Crippen LogP contribution < -0.4 is 10.5 Å². The number of nitrogens with two attached hydrogens (primary N) is 1. The predicted octanol–water partition coefficient (Wildman–Crippen LogP) is 1.76. The Bertz CT molecular complexity index is 709. The lowest BCUT2D eigenvalue weighted by atomic mass is 10.1. The number of carbonyl (C=O) groups excluding carboxylic acids is 1. The van der Waals surface area contributed by atoms with Crippen molar-refractivity contribution >= 4 is 31.9 Å². The number of nitrogens with one attached hydrogen (secondary N) is 1. The van der Waals surface area contributed by atoms with Crippen LogP contribution >= 0.6 is 15.9 Å². The van der Waals surface area contributed by atoms with Gasteiger partial charge in [-0.15, -0.1) is 0 Å². The first-order valence-corrected chi connectivity index (χ1v) is 8.45. The molecule has 1 aliphatic carbocycles. The zero-order valence-electron chi connectivity index (χ0n) is 11.0. The van der Waals surface area contributed by atoms with E-state index in [0.717, 1.165) is 6.42 Å². The number of primary sulfonamides is 1. The molecule has 9 heteroatoms. The van der Waals surface area contributed by atoms with Crippen molar-refractivity contribution in [1.82, 2.24) is 5.32 Å². The molecule has 1 amide bonds. The monoisotopic (exact) mass is 382 g/mol. The number of rotatable bonds is 4. The van der Waals surface area contributed by atoms with Gasteiger partial charge in [-0.3, -0.25) is 4.79 Å². The van der Waals surface area contributed by atoms with E-state index in [1.54, 1.807) is 0 Å². The third kappa shape index (κ3) is 3.41. The van der Waals surface area contributed by atoms with Crippen molar-refractivity contribution in [1.29, 1.82) is 0 Å². The molecule has 0 bridgehead atoms. The predicted molar refractivity (Wildman–Crippen MR) is 75.0 cm³/mol. The Hall–Kier alpha value is -1.06. The smallest absolute Gasteiger partial charge is 0.257 e. The highest BCUT2D eigenvalue weighted by molar-refractivity contribution is 9.10. The maximum Gasteiger partial charge on any atom is 0.257 e. The summed E-state index contributed by atoms with van der Waals surface area (Å²) in [7, 11) is -4.43. The van der Waals surface area contributed by atoms with E-state index in [0.29, 0.717) is 18.5 Å². The Morgan fingerprint density at radius 1 is 1.52 bits per heavy atom. The van der Waals surface area contributed by atoms with Gasteiger partial charge in [0.05, 0.1) is 0 Å². The number of hydrogen-bond donors (Lipinski definition) is 2. The Labute approximate surface area is 129 Å². The number of halogens is 3. The van der Waals surface area contributed by atoms with Gasteiger partial charge in [-0.2, -0.15) is 0 Å². The summed E-state index contributed by atoms with van der Waals surface area (Å²) in [5.41, 5.74) is -0.949. The molecule has 2 unspecified atom stereocenters. The molecule has 0 aliphatic heterocycles. The van der Waals surface area contributed by atoms with Gasteiger partial charge in [0.15, 0.2) is 5.82 Å². The highest BCUT2D eigenvalue weighted by Crippen LogP contribution is 2.37. The highest BCUT2D eigenvalue weighted by atomic mass is 79.9. The lowest BCUT2D eigenvalue weighted by Crippen LogP contribution is -2.29. The normalized spacial score (nSPS) is 21.2. The Kier molecular flexibility index (Phi) is 4.36. The molecular weight excluding hydrogens is 370 g/mol. The molecule has 1 aromatic carbocycles. The molecule has 116 valence electrons. The molecule has 0 heterocycles. The number of carbonyl (C=O) groups is 1.